The molecule has 1 heterocycles. The molecule has 0 spiro atoms. The van der Waals surface area contributed by atoms with Crippen LogP contribution in [0.3, 0.4) is 0 Å². The topological polar surface area (TPSA) is 76.7 Å². The lowest BCUT2D eigenvalue weighted by molar-refractivity contribution is -0.153. The summed E-state index contributed by atoms with van der Waals surface area (Å²) in [6, 6.07) is 3.79. The maximum atomic E-state index is 12.4. The second-order valence-electron chi connectivity index (χ2n) is 5.64. The van der Waals surface area contributed by atoms with Gasteiger partial charge in [-0.05, 0) is 37.6 Å². The van der Waals surface area contributed by atoms with Crippen molar-refractivity contribution in [1.82, 2.24) is 5.32 Å². The van der Waals surface area contributed by atoms with Gasteiger partial charge in [0.1, 0.15) is 5.75 Å². The molecule has 1 aliphatic heterocycles. The number of halogens is 4. The van der Waals surface area contributed by atoms with E-state index < -0.39 is 18.8 Å². The van der Waals surface area contributed by atoms with Crippen molar-refractivity contribution >= 4 is 30.0 Å². The fourth-order valence-electron chi connectivity index (χ4n) is 2.46. The smallest absolute Gasteiger partial charge is 0.422 e. The van der Waals surface area contributed by atoms with Gasteiger partial charge in [0, 0.05) is 6.54 Å². The van der Waals surface area contributed by atoms with Crippen LogP contribution in [0.5, 0.6) is 5.75 Å². The summed E-state index contributed by atoms with van der Waals surface area (Å²) in [5, 5.41) is 5.67. The SMILES string of the molecule is COC(=O)c1ccc(NC(=O)C2CCCNC2)c(OCC(F)(F)F)c1.Cl. The zero-order chi connectivity index (χ0) is 18.4. The van der Waals surface area contributed by atoms with Crippen molar-refractivity contribution in [3.63, 3.8) is 0 Å². The van der Waals surface area contributed by atoms with Gasteiger partial charge < -0.3 is 20.1 Å². The minimum Gasteiger partial charge on any atom is -0.482 e. The molecule has 0 aromatic heterocycles. The fourth-order valence-corrected chi connectivity index (χ4v) is 2.46. The molecule has 2 rings (SSSR count). The number of nitrogens with one attached hydrogen (secondary N) is 2. The van der Waals surface area contributed by atoms with Crippen LogP contribution in [-0.4, -0.2) is 44.9 Å². The van der Waals surface area contributed by atoms with Gasteiger partial charge in [-0.15, -0.1) is 12.4 Å². The average Bonchev–Trinajstić information content (AvgIpc) is 2.60. The first-order valence-corrected chi connectivity index (χ1v) is 7.73. The van der Waals surface area contributed by atoms with Crippen molar-refractivity contribution in [2.24, 2.45) is 5.92 Å². The van der Waals surface area contributed by atoms with Crippen LogP contribution in [0.2, 0.25) is 0 Å². The molecule has 6 nitrogen and oxygen atoms in total. The van der Waals surface area contributed by atoms with E-state index in [1.165, 1.54) is 12.1 Å². The molecule has 1 saturated heterocycles. The molecule has 0 aliphatic carbocycles. The quantitative estimate of drug-likeness (QED) is 0.748. The first-order valence-electron chi connectivity index (χ1n) is 7.73. The summed E-state index contributed by atoms with van der Waals surface area (Å²) in [4.78, 5) is 23.8. The molecule has 0 bridgehead atoms. The molecule has 146 valence electrons. The van der Waals surface area contributed by atoms with Crippen molar-refractivity contribution in [2.45, 2.75) is 19.0 Å². The number of methoxy groups -OCH3 is 1. The maximum absolute atomic E-state index is 12.4. The number of carbonyl (C=O) groups excluding carboxylic acids is 2. The van der Waals surface area contributed by atoms with Crippen LogP contribution in [0.25, 0.3) is 0 Å². The number of anilines is 1. The highest BCUT2D eigenvalue weighted by Crippen LogP contribution is 2.29. The Morgan fingerprint density at radius 1 is 1.35 bits per heavy atom. The third-order valence-electron chi connectivity index (χ3n) is 3.72. The van der Waals surface area contributed by atoms with E-state index in [0.717, 1.165) is 26.1 Å². The standard InChI is InChI=1S/C16H19F3N2O4.ClH/c1-24-15(23)10-4-5-12(13(7-10)25-9-16(17,18)19)21-14(22)11-3-2-6-20-8-11;/h4-5,7,11,20H,2-3,6,8-9H2,1H3,(H,21,22);1H. The third-order valence-corrected chi connectivity index (χ3v) is 3.72. The fraction of sp³-hybridized carbons (Fsp3) is 0.500. The van der Waals surface area contributed by atoms with Crippen LogP contribution < -0.4 is 15.4 Å². The molecule has 1 aromatic carbocycles. The van der Waals surface area contributed by atoms with E-state index in [1.807, 2.05) is 0 Å². The number of ether oxygens (including phenoxy) is 2. The molecule has 1 atom stereocenters. The highest BCUT2D eigenvalue weighted by molar-refractivity contribution is 5.96. The van der Waals surface area contributed by atoms with Crippen LogP contribution >= 0.6 is 12.4 Å². The van der Waals surface area contributed by atoms with E-state index in [2.05, 4.69) is 15.4 Å². The number of amides is 1. The molecule has 0 saturated carbocycles. The molecule has 10 heteroatoms. The number of piperidine rings is 1. The normalized spacial score (nSPS) is 17.0. The Morgan fingerprint density at radius 3 is 2.65 bits per heavy atom. The zero-order valence-electron chi connectivity index (χ0n) is 14.0. The van der Waals surface area contributed by atoms with Crippen molar-refractivity contribution < 1.29 is 32.2 Å². The first-order chi connectivity index (χ1) is 11.8. The summed E-state index contributed by atoms with van der Waals surface area (Å²) in [5.41, 5.74) is 0.101. The predicted octanol–water partition coefficient (Wildman–Crippen LogP) is 2.77. The second kappa shape index (κ2) is 9.63. The summed E-state index contributed by atoms with van der Waals surface area (Å²) in [5.74, 6) is -1.54. The largest absolute Gasteiger partial charge is 0.482 e. The Balaban J connectivity index is 0.00000338. The van der Waals surface area contributed by atoms with E-state index in [9.17, 15) is 22.8 Å². The van der Waals surface area contributed by atoms with E-state index in [0.29, 0.717) is 13.0 Å². The number of benzene rings is 1. The molecular weight excluding hydrogens is 377 g/mol. The monoisotopic (exact) mass is 396 g/mol. The second-order valence-corrected chi connectivity index (χ2v) is 5.64. The number of esters is 1. The Kier molecular flexibility index (Phi) is 8.16. The number of carbonyl (C=O) groups is 2. The van der Waals surface area contributed by atoms with Gasteiger partial charge in [0.25, 0.3) is 0 Å². The number of hydrogen-bond acceptors (Lipinski definition) is 5. The van der Waals surface area contributed by atoms with Gasteiger partial charge in [0.05, 0.1) is 24.3 Å². The molecule has 1 amide bonds. The van der Waals surface area contributed by atoms with Gasteiger partial charge in [-0.3, -0.25) is 4.79 Å². The number of hydrogen-bond donors (Lipinski definition) is 2. The lowest BCUT2D eigenvalue weighted by Crippen LogP contribution is -2.37. The van der Waals surface area contributed by atoms with Crippen LogP contribution in [-0.2, 0) is 9.53 Å². The zero-order valence-corrected chi connectivity index (χ0v) is 14.8. The summed E-state index contributed by atoms with van der Waals surface area (Å²) < 4.78 is 46.6. The van der Waals surface area contributed by atoms with E-state index in [1.54, 1.807) is 0 Å². The van der Waals surface area contributed by atoms with Gasteiger partial charge in [-0.25, -0.2) is 4.79 Å². The Hall–Kier alpha value is -2.00. The lowest BCUT2D eigenvalue weighted by Gasteiger charge is -2.22. The van der Waals surface area contributed by atoms with Crippen LogP contribution in [0.1, 0.15) is 23.2 Å². The summed E-state index contributed by atoms with van der Waals surface area (Å²) >= 11 is 0. The highest BCUT2D eigenvalue weighted by Gasteiger charge is 2.29. The number of rotatable bonds is 5. The molecule has 1 fully saturated rings. The van der Waals surface area contributed by atoms with Gasteiger partial charge in [-0.2, -0.15) is 13.2 Å². The van der Waals surface area contributed by atoms with Gasteiger partial charge in [0.15, 0.2) is 6.61 Å². The Morgan fingerprint density at radius 2 is 2.08 bits per heavy atom. The van der Waals surface area contributed by atoms with Gasteiger partial charge in [-0.1, -0.05) is 0 Å². The molecule has 26 heavy (non-hydrogen) atoms. The summed E-state index contributed by atoms with van der Waals surface area (Å²) in [6.45, 7) is -0.201. The average molecular weight is 397 g/mol. The molecule has 0 radical (unpaired) electrons. The number of alkyl halides is 3. The lowest BCUT2D eigenvalue weighted by atomic mass is 9.98. The molecule has 1 unspecified atom stereocenters. The molecule has 1 aromatic rings. The van der Waals surface area contributed by atoms with Crippen molar-refractivity contribution in [1.29, 1.82) is 0 Å². The minimum atomic E-state index is -4.55. The van der Waals surface area contributed by atoms with Crippen LogP contribution in [0.4, 0.5) is 18.9 Å². The minimum absolute atomic E-state index is 0. The molecule has 2 N–H and O–H groups in total. The summed E-state index contributed by atoms with van der Waals surface area (Å²) in [7, 11) is 1.16. The maximum Gasteiger partial charge on any atom is 0.422 e. The van der Waals surface area contributed by atoms with Gasteiger partial charge in [0.2, 0.25) is 5.91 Å². The van der Waals surface area contributed by atoms with Crippen LogP contribution in [0, 0.1) is 5.92 Å². The summed E-state index contributed by atoms with van der Waals surface area (Å²) in [6.07, 6.45) is -3.01. The van der Waals surface area contributed by atoms with E-state index in [-0.39, 0.29) is 41.2 Å². The van der Waals surface area contributed by atoms with Crippen molar-refractivity contribution in [2.75, 3.05) is 32.1 Å². The Labute approximate surface area is 154 Å². The third kappa shape index (κ3) is 6.38. The van der Waals surface area contributed by atoms with Gasteiger partial charge >= 0.3 is 12.1 Å². The van der Waals surface area contributed by atoms with Crippen LogP contribution in [0.15, 0.2) is 18.2 Å². The predicted molar refractivity (Wildman–Crippen MR) is 90.8 cm³/mol. The molecule has 1 aliphatic rings. The first kappa shape index (κ1) is 22.0. The van der Waals surface area contributed by atoms with E-state index in [4.69, 9.17) is 4.74 Å². The van der Waals surface area contributed by atoms with Crippen molar-refractivity contribution in [3.8, 4) is 5.75 Å². The highest BCUT2D eigenvalue weighted by atomic mass is 35.5. The Bertz CT molecular complexity index is 634. The van der Waals surface area contributed by atoms with Crippen molar-refractivity contribution in [3.05, 3.63) is 23.8 Å². The van der Waals surface area contributed by atoms with E-state index >= 15 is 0 Å². The molecular formula is C16H20ClF3N2O4.